The van der Waals surface area contributed by atoms with Gasteiger partial charge in [-0.3, -0.25) is 23.7 Å². The lowest BCUT2D eigenvalue weighted by molar-refractivity contribution is -0.136. The van der Waals surface area contributed by atoms with Crippen LogP contribution in [0.15, 0.2) is 109 Å². The van der Waals surface area contributed by atoms with E-state index < -0.39 is 41.9 Å². The van der Waals surface area contributed by atoms with Gasteiger partial charge >= 0.3 is 5.97 Å². The zero-order valence-corrected chi connectivity index (χ0v) is 39.1. The molecule has 4 atom stereocenters. The van der Waals surface area contributed by atoms with Crippen molar-refractivity contribution in [1.82, 2.24) is 18.9 Å². The Morgan fingerprint density at radius 3 is 2.35 bits per heavy atom. The number of aromatic nitrogens is 2. The fourth-order valence-electron chi connectivity index (χ4n) is 9.90. The molecule has 16 heteroatoms. The van der Waals surface area contributed by atoms with Gasteiger partial charge < -0.3 is 29.2 Å². The Balaban J connectivity index is 1.04. The number of carbonyl (C=O) groups excluding carboxylic acids is 5. The van der Waals surface area contributed by atoms with Crippen molar-refractivity contribution in [3.63, 3.8) is 0 Å². The van der Waals surface area contributed by atoms with Gasteiger partial charge in [0.15, 0.2) is 5.82 Å². The maximum atomic E-state index is 17.4. The number of methoxy groups -OCH3 is 2. The Labute approximate surface area is 400 Å². The second-order valence-electron chi connectivity index (χ2n) is 17.2. The van der Waals surface area contributed by atoms with Crippen LogP contribution in [-0.2, 0) is 32.1 Å². The van der Waals surface area contributed by atoms with E-state index in [0.29, 0.717) is 68.0 Å². The van der Waals surface area contributed by atoms with E-state index in [1.165, 1.54) is 34.8 Å². The summed E-state index contributed by atoms with van der Waals surface area (Å²) in [5.41, 5.74) is 3.38. The van der Waals surface area contributed by atoms with Crippen molar-refractivity contribution in [2.45, 2.75) is 69.7 Å². The van der Waals surface area contributed by atoms with Gasteiger partial charge in [-0.1, -0.05) is 72.3 Å². The lowest BCUT2D eigenvalue weighted by Crippen LogP contribution is -2.44. The number of ether oxygens (including phenoxy) is 2. The van der Waals surface area contributed by atoms with Gasteiger partial charge in [0.25, 0.3) is 0 Å². The molecule has 0 bridgehead atoms. The van der Waals surface area contributed by atoms with Crippen LogP contribution in [0.3, 0.4) is 0 Å². The average molecular weight is 960 g/mol. The lowest BCUT2D eigenvalue weighted by atomic mass is 9.87. The maximum absolute atomic E-state index is 17.4. The van der Waals surface area contributed by atoms with E-state index >= 15 is 8.78 Å². The lowest BCUT2D eigenvalue weighted by Gasteiger charge is -2.31. The molecular weight excluding hydrogens is 912 g/mol. The first-order valence-electron chi connectivity index (χ1n) is 22.3. The number of nitrogens with one attached hydrogen (secondary N) is 1. The summed E-state index contributed by atoms with van der Waals surface area (Å²) in [6.07, 6.45) is 2.58. The fourth-order valence-corrected chi connectivity index (χ4v) is 11.1. The molecule has 3 amide bonds. The van der Waals surface area contributed by atoms with Crippen LogP contribution in [0.25, 0.3) is 32.2 Å². The van der Waals surface area contributed by atoms with Gasteiger partial charge in [-0.25, -0.2) is 13.6 Å². The standard InChI is InChI=1S/C52H48ClF2N5O7S/c1-30(61)59-26-33(37-21-23-68-51(37)59)24-46(62)60-27-34(54)25-45(60)50(64)56-49-36(17-18-40(48(49)55)38-8-4-6-10-42(38)53)31-14-19-43(32-12-15-35(66-2)16-13-32)58(22-20-31)47(63)29-57-28-41(52(65)67-3)39-9-5-7-11-44(39)57/h4-13,15-18,21,23,26,28,31,34,43,45H,14,19-20,22,24-25,27,29H2,1-3H3,(H,56,64). The van der Waals surface area contributed by atoms with E-state index in [4.69, 9.17) is 21.1 Å². The van der Waals surface area contributed by atoms with Crippen LogP contribution in [0.4, 0.5) is 14.5 Å². The molecule has 3 aromatic heterocycles. The van der Waals surface area contributed by atoms with E-state index in [-0.39, 0.29) is 61.5 Å². The van der Waals surface area contributed by atoms with Crippen molar-refractivity contribution in [2.24, 2.45) is 0 Å². The van der Waals surface area contributed by atoms with Crippen LogP contribution in [0, 0.1) is 5.82 Å². The van der Waals surface area contributed by atoms with Gasteiger partial charge in [-0.15, -0.1) is 11.3 Å². The number of rotatable bonds is 11. The molecule has 1 N–H and O–H groups in total. The fraction of sp³-hybridized carbons (Fsp3) is 0.288. The normalized spacial score (nSPS) is 18.4. The molecule has 2 aliphatic heterocycles. The van der Waals surface area contributed by atoms with Gasteiger partial charge in [0, 0.05) is 64.7 Å². The Kier molecular flexibility index (Phi) is 13.2. The number of carbonyl (C=O) groups is 5. The molecule has 350 valence electrons. The van der Waals surface area contributed by atoms with Crippen LogP contribution in [0.2, 0.25) is 5.02 Å². The number of fused-ring (bicyclic) bond motifs is 2. The second kappa shape index (κ2) is 19.4. The second-order valence-corrected chi connectivity index (χ2v) is 18.5. The Morgan fingerprint density at radius 2 is 1.60 bits per heavy atom. The predicted octanol–water partition coefficient (Wildman–Crippen LogP) is 10.2. The SMILES string of the molecule is COC(=O)c1cn(CC(=O)N2CCC(c3ccc(-c4ccccc4Cl)c(F)c3NC(=O)C3CC(F)CN3C(=O)Cc3cn(C(C)=O)c4sccc34)CCC2c2ccc(OC)cc2)c2ccccc12. The molecule has 9 rings (SSSR count). The molecule has 2 saturated heterocycles. The molecule has 2 aliphatic rings. The molecular formula is C52H48ClF2N5O7S. The molecule has 12 nitrogen and oxygen atoms in total. The molecule has 0 aliphatic carbocycles. The van der Waals surface area contributed by atoms with Gasteiger partial charge in [0.1, 0.15) is 29.3 Å². The topological polar surface area (TPSA) is 132 Å². The van der Waals surface area contributed by atoms with E-state index in [0.717, 1.165) is 10.9 Å². The number of para-hydroxylation sites is 1. The largest absolute Gasteiger partial charge is 0.497 e. The van der Waals surface area contributed by atoms with Gasteiger partial charge in [-0.2, -0.15) is 0 Å². The summed E-state index contributed by atoms with van der Waals surface area (Å²) in [4.78, 5) is 72.1. The van der Waals surface area contributed by atoms with Crippen LogP contribution < -0.4 is 10.1 Å². The molecule has 7 aromatic rings. The molecule has 0 saturated carbocycles. The minimum Gasteiger partial charge on any atom is -0.497 e. The molecule has 4 aromatic carbocycles. The summed E-state index contributed by atoms with van der Waals surface area (Å²) in [6, 6.07) is 25.1. The van der Waals surface area contributed by atoms with E-state index in [1.54, 1.807) is 60.5 Å². The summed E-state index contributed by atoms with van der Waals surface area (Å²) in [5.74, 6) is -2.68. The number of anilines is 1. The summed E-state index contributed by atoms with van der Waals surface area (Å²) in [6.45, 7) is 1.27. The highest BCUT2D eigenvalue weighted by Crippen LogP contribution is 2.43. The van der Waals surface area contributed by atoms with Crippen LogP contribution in [0.1, 0.15) is 76.4 Å². The highest BCUT2D eigenvalue weighted by molar-refractivity contribution is 7.17. The number of esters is 1. The number of thiophene rings is 1. The first-order valence-corrected chi connectivity index (χ1v) is 23.6. The monoisotopic (exact) mass is 959 g/mol. The van der Waals surface area contributed by atoms with Crippen molar-refractivity contribution in [3.8, 4) is 16.9 Å². The van der Waals surface area contributed by atoms with Crippen molar-refractivity contribution in [1.29, 1.82) is 0 Å². The molecule has 4 unspecified atom stereocenters. The Morgan fingerprint density at radius 1 is 0.838 bits per heavy atom. The number of hydrogen-bond donors (Lipinski definition) is 1. The van der Waals surface area contributed by atoms with Crippen molar-refractivity contribution in [2.75, 3.05) is 32.6 Å². The third-order valence-corrected chi connectivity index (χ3v) is 14.5. The van der Waals surface area contributed by atoms with Gasteiger partial charge in [0.2, 0.25) is 23.6 Å². The number of hydrogen-bond acceptors (Lipinski definition) is 8. The minimum absolute atomic E-state index is 0.0792. The van der Waals surface area contributed by atoms with Gasteiger partial charge in [0.05, 0.1) is 44.5 Å². The third kappa shape index (κ3) is 8.88. The number of amides is 3. The van der Waals surface area contributed by atoms with Crippen LogP contribution in [0.5, 0.6) is 5.75 Å². The molecule has 2 fully saturated rings. The van der Waals surface area contributed by atoms with Gasteiger partial charge in [-0.05, 0) is 77.6 Å². The van der Waals surface area contributed by atoms with Crippen molar-refractivity contribution in [3.05, 3.63) is 142 Å². The van der Waals surface area contributed by atoms with E-state index in [2.05, 4.69) is 5.32 Å². The van der Waals surface area contributed by atoms with Crippen molar-refractivity contribution < 1.29 is 42.2 Å². The average Bonchev–Trinajstić information content (AvgIpc) is 4.11. The number of halogens is 3. The van der Waals surface area contributed by atoms with Crippen molar-refractivity contribution >= 4 is 79.3 Å². The molecule has 0 spiro atoms. The summed E-state index contributed by atoms with van der Waals surface area (Å²) in [7, 11) is 2.89. The van der Waals surface area contributed by atoms with Crippen LogP contribution in [-0.4, -0.2) is 88.1 Å². The zero-order chi connectivity index (χ0) is 47.8. The maximum Gasteiger partial charge on any atom is 0.340 e. The number of alkyl halides is 1. The smallest absolute Gasteiger partial charge is 0.340 e. The zero-order valence-electron chi connectivity index (χ0n) is 37.5. The van der Waals surface area contributed by atoms with E-state index in [9.17, 15) is 24.0 Å². The number of benzene rings is 4. The Hall–Kier alpha value is -6.84. The van der Waals surface area contributed by atoms with Crippen LogP contribution >= 0.6 is 22.9 Å². The molecule has 5 heterocycles. The molecule has 68 heavy (non-hydrogen) atoms. The third-order valence-electron chi connectivity index (χ3n) is 13.3. The van der Waals surface area contributed by atoms with E-state index in [1.807, 2.05) is 64.9 Å². The summed E-state index contributed by atoms with van der Waals surface area (Å²) >= 11 is 7.97. The minimum atomic E-state index is -1.51. The number of nitrogens with zero attached hydrogens (tertiary/aromatic N) is 4. The predicted molar refractivity (Wildman–Crippen MR) is 258 cm³/mol. The first-order chi connectivity index (χ1) is 32.8. The highest BCUT2D eigenvalue weighted by atomic mass is 35.5. The summed E-state index contributed by atoms with van der Waals surface area (Å²) < 4.78 is 46.5. The first kappa shape index (κ1) is 46.3. The Bertz CT molecular complexity index is 3090. The molecule has 0 radical (unpaired) electrons. The quantitative estimate of drug-likeness (QED) is 0.128. The summed E-state index contributed by atoms with van der Waals surface area (Å²) in [5, 5.41) is 6.33. The number of likely N-dealkylation sites (tertiary alicyclic amines) is 2. The highest BCUT2D eigenvalue weighted by Gasteiger charge is 2.41.